The zero-order valence-electron chi connectivity index (χ0n) is 19.2. The second-order valence-electron chi connectivity index (χ2n) is 8.26. The number of pyridine rings is 1. The van der Waals surface area contributed by atoms with Crippen molar-refractivity contribution in [3.63, 3.8) is 0 Å². The van der Waals surface area contributed by atoms with Crippen LogP contribution in [0.25, 0.3) is 38.9 Å². The molecule has 0 bridgehead atoms. The van der Waals surface area contributed by atoms with Gasteiger partial charge in [0.05, 0.1) is 42.3 Å². The first-order valence-corrected chi connectivity index (χ1v) is 11.2. The smallest absolute Gasteiger partial charge is 0.338 e. The van der Waals surface area contributed by atoms with Gasteiger partial charge in [-0.2, -0.15) is 9.90 Å². The predicted molar refractivity (Wildman–Crippen MR) is 132 cm³/mol. The van der Waals surface area contributed by atoms with Gasteiger partial charge in [0.15, 0.2) is 0 Å². The molecule has 3 aromatic heterocycles. The Kier molecular flexibility index (Phi) is 5.22. The Morgan fingerprint density at radius 2 is 1.81 bits per heavy atom. The Bertz CT molecular complexity index is 1740. The minimum Gasteiger partial charge on any atom is -0.465 e. The number of carbonyl (C=O) groups excluding carboxylic acids is 1. The Labute approximate surface area is 204 Å². The second kappa shape index (κ2) is 8.70. The van der Waals surface area contributed by atoms with E-state index in [4.69, 9.17) is 9.72 Å². The third kappa shape index (κ3) is 3.86. The molecule has 0 N–H and O–H groups in total. The average Bonchev–Trinajstić information content (AvgIpc) is 3.55. The van der Waals surface area contributed by atoms with E-state index in [1.807, 2.05) is 41.2 Å². The van der Waals surface area contributed by atoms with Gasteiger partial charge in [-0.25, -0.2) is 14.2 Å². The van der Waals surface area contributed by atoms with Crippen molar-refractivity contribution in [2.75, 3.05) is 7.11 Å². The van der Waals surface area contributed by atoms with Crippen LogP contribution in [-0.4, -0.2) is 42.8 Å². The predicted octanol–water partition coefficient (Wildman–Crippen LogP) is 4.81. The summed E-state index contributed by atoms with van der Waals surface area (Å²) in [6, 6.07) is 21.2. The summed E-state index contributed by atoms with van der Waals surface area (Å²) in [6.45, 7) is 0.613. The first kappa shape index (κ1) is 21.6. The third-order valence-electron chi connectivity index (χ3n) is 5.88. The lowest BCUT2D eigenvalue weighted by Gasteiger charge is -2.08. The molecule has 8 nitrogen and oxygen atoms in total. The Morgan fingerprint density at radius 1 is 0.972 bits per heavy atom. The normalized spacial score (nSPS) is 11.3. The van der Waals surface area contributed by atoms with Gasteiger partial charge in [0.25, 0.3) is 0 Å². The molecule has 3 aromatic carbocycles. The van der Waals surface area contributed by atoms with Crippen LogP contribution in [0, 0.1) is 5.82 Å². The number of esters is 1. The molecule has 36 heavy (non-hydrogen) atoms. The molecular formula is C27H19FN6O2. The Morgan fingerprint density at radius 3 is 2.61 bits per heavy atom. The van der Waals surface area contributed by atoms with Crippen LogP contribution in [0.2, 0.25) is 0 Å². The van der Waals surface area contributed by atoms with E-state index in [-0.39, 0.29) is 0 Å². The second-order valence-corrected chi connectivity index (χ2v) is 8.26. The molecule has 0 aliphatic heterocycles. The molecule has 0 saturated carbocycles. The highest BCUT2D eigenvalue weighted by atomic mass is 19.1. The highest BCUT2D eigenvalue weighted by Gasteiger charge is 2.20. The number of ether oxygens (including phenoxy) is 1. The summed E-state index contributed by atoms with van der Waals surface area (Å²) in [4.78, 5) is 19.0. The highest BCUT2D eigenvalue weighted by Crippen LogP contribution is 2.30. The van der Waals surface area contributed by atoms with E-state index in [1.165, 1.54) is 24.0 Å². The molecule has 0 radical (unpaired) electrons. The fraction of sp³-hybridized carbons (Fsp3) is 0.0741. The number of rotatable bonds is 5. The largest absolute Gasteiger partial charge is 0.465 e. The van der Waals surface area contributed by atoms with Crippen molar-refractivity contribution in [3.8, 4) is 16.9 Å². The molecule has 9 heteroatoms. The van der Waals surface area contributed by atoms with Crippen molar-refractivity contribution in [2.45, 2.75) is 6.54 Å². The van der Waals surface area contributed by atoms with Gasteiger partial charge in [0, 0.05) is 23.2 Å². The van der Waals surface area contributed by atoms with Crippen molar-refractivity contribution in [2.24, 2.45) is 0 Å². The molecule has 0 atom stereocenters. The van der Waals surface area contributed by atoms with Crippen molar-refractivity contribution in [1.29, 1.82) is 0 Å². The first-order chi connectivity index (χ1) is 17.6. The summed E-state index contributed by atoms with van der Waals surface area (Å²) >= 11 is 0. The third-order valence-corrected chi connectivity index (χ3v) is 5.88. The number of fused-ring (bicyclic) bond motifs is 3. The minimum absolute atomic E-state index is 0.310. The van der Waals surface area contributed by atoms with Gasteiger partial charge in [-0.1, -0.05) is 36.4 Å². The maximum atomic E-state index is 13.8. The van der Waals surface area contributed by atoms with Crippen molar-refractivity contribution in [3.05, 3.63) is 102 Å². The van der Waals surface area contributed by atoms with E-state index in [2.05, 4.69) is 15.3 Å². The summed E-state index contributed by atoms with van der Waals surface area (Å²) in [7, 11) is 1.33. The van der Waals surface area contributed by atoms with Crippen molar-refractivity contribution in [1.82, 2.24) is 29.8 Å². The monoisotopic (exact) mass is 478 g/mol. The summed E-state index contributed by atoms with van der Waals surface area (Å²) in [5.74, 6) is -0.916. The number of methoxy groups -OCH3 is 1. The van der Waals surface area contributed by atoms with Gasteiger partial charge < -0.3 is 4.74 Å². The van der Waals surface area contributed by atoms with Gasteiger partial charge in [-0.3, -0.25) is 4.68 Å². The lowest BCUT2D eigenvalue weighted by Crippen LogP contribution is -2.04. The quantitative estimate of drug-likeness (QED) is 0.331. The lowest BCUT2D eigenvalue weighted by atomic mass is 10.0. The van der Waals surface area contributed by atoms with Gasteiger partial charge in [0.2, 0.25) is 0 Å². The zero-order valence-corrected chi connectivity index (χ0v) is 19.2. The van der Waals surface area contributed by atoms with Crippen LogP contribution in [-0.2, 0) is 11.3 Å². The number of nitrogens with zero attached hydrogens (tertiary/aromatic N) is 6. The SMILES string of the molecule is COC(=O)c1cc(-c2cnn(Cc3ccccc3)c2)nc2ccc3nn(-c4cccc(F)c4)nc3c12. The van der Waals surface area contributed by atoms with E-state index in [0.717, 1.165) is 11.1 Å². The number of carbonyl (C=O) groups is 1. The topological polar surface area (TPSA) is 87.7 Å². The van der Waals surface area contributed by atoms with Crippen LogP contribution < -0.4 is 0 Å². The molecule has 0 amide bonds. The van der Waals surface area contributed by atoms with Gasteiger partial charge in [-0.05, 0) is 35.9 Å². The number of halogens is 1. The molecule has 0 saturated heterocycles. The summed E-state index contributed by atoms with van der Waals surface area (Å²) < 4.78 is 20.7. The van der Waals surface area contributed by atoms with Crippen LogP contribution >= 0.6 is 0 Å². The molecule has 6 rings (SSSR count). The van der Waals surface area contributed by atoms with E-state index in [9.17, 15) is 9.18 Å². The van der Waals surface area contributed by atoms with Crippen LogP contribution in [0.5, 0.6) is 0 Å². The number of aromatic nitrogens is 6. The van der Waals surface area contributed by atoms with E-state index < -0.39 is 11.8 Å². The van der Waals surface area contributed by atoms with E-state index in [1.54, 1.807) is 36.5 Å². The van der Waals surface area contributed by atoms with Crippen molar-refractivity contribution < 1.29 is 13.9 Å². The zero-order chi connectivity index (χ0) is 24.6. The molecule has 3 heterocycles. The fourth-order valence-electron chi connectivity index (χ4n) is 4.19. The van der Waals surface area contributed by atoms with Gasteiger partial charge >= 0.3 is 5.97 Å². The highest BCUT2D eigenvalue weighted by molar-refractivity contribution is 6.14. The van der Waals surface area contributed by atoms with E-state index >= 15 is 0 Å². The molecule has 176 valence electrons. The molecule has 0 unspecified atom stereocenters. The average molecular weight is 478 g/mol. The number of hydrogen-bond donors (Lipinski definition) is 0. The molecular weight excluding hydrogens is 459 g/mol. The van der Waals surface area contributed by atoms with Crippen LogP contribution in [0.4, 0.5) is 4.39 Å². The standard InChI is InChI=1S/C27H19FN6O2/c1-36-27(35)21-13-24(18-14-29-33(16-18)15-17-6-3-2-4-7-17)30-22-10-11-23-26(25(21)22)32-34(31-23)20-9-5-8-19(28)12-20/h2-14,16H,15H2,1H3. The summed E-state index contributed by atoms with van der Waals surface area (Å²) in [6.07, 6.45) is 3.61. The summed E-state index contributed by atoms with van der Waals surface area (Å²) in [5.41, 5.74) is 4.82. The van der Waals surface area contributed by atoms with E-state index in [0.29, 0.717) is 45.4 Å². The Hall–Kier alpha value is -4.92. The van der Waals surface area contributed by atoms with Gasteiger partial charge in [-0.15, -0.1) is 10.2 Å². The van der Waals surface area contributed by atoms with Crippen LogP contribution in [0.15, 0.2) is 85.2 Å². The lowest BCUT2D eigenvalue weighted by molar-refractivity contribution is 0.0603. The van der Waals surface area contributed by atoms with Crippen LogP contribution in [0.1, 0.15) is 15.9 Å². The molecule has 0 spiro atoms. The molecule has 0 aliphatic carbocycles. The van der Waals surface area contributed by atoms with Gasteiger partial charge in [0.1, 0.15) is 16.9 Å². The number of hydrogen-bond acceptors (Lipinski definition) is 6. The molecule has 6 aromatic rings. The number of benzene rings is 3. The molecule has 0 fully saturated rings. The fourth-order valence-corrected chi connectivity index (χ4v) is 4.19. The first-order valence-electron chi connectivity index (χ1n) is 11.2. The Balaban J connectivity index is 1.47. The van der Waals surface area contributed by atoms with Crippen LogP contribution in [0.3, 0.4) is 0 Å². The molecule has 0 aliphatic rings. The maximum absolute atomic E-state index is 13.8. The summed E-state index contributed by atoms with van der Waals surface area (Å²) in [5, 5.41) is 14.0. The van der Waals surface area contributed by atoms with Crippen molar-refractivity contribution >= 4 is 27.9 Å². The minimum atomic E-state index is -0.520. The maximum Gasteiger partial charge on any atom is 0.338 e.